The summed E-state index contributed by atoms with van der Waals surface area (Å²) in [5, 5.41) is 0. The molecule has 2 aromatic carbocycles. The van der Waals surface area contributed by atoms with E-state index in [1.807, 2.05) is 60.7 Å². The summed E-state index contributed by atoms with van der Waals surface area (Å²) in [5.74, 6) is 0.802. The number of Topliss-reactive ketones (excluding diaryl/α,β-unsaturated/α-hetero) is 1. The topological polar surface area (TPSA) is 26.3 Å². The molecule has 0 aliphatic heterocycles. The number of ether oxygens (including phenoxy) is 1. The summed E-state index contributed by atoms with van der Waals surface area (Å²) in [4.78, 5) is 12.5. The first-order valence-electron chi connectivity index (χ1n) is 8.74. The molecule has 3 rings (SSSR count). The van der Waals surface area contributed by atoms with E-state index in [0.29, 0.717) is 12.3 Å². The molecule has 24 heavy (non-hydrogen) atoms. The van der Waals surface area contributed by atoms with E-state index in [9.17, 15) is 4.79 Å². The summed E-state index contributed by atoms with van der Waals surface area (Å²) in [6.45, 7) is 0.756. The predicted molar refractivity (Wildman–Crippen MR) is 97.9 cm³/mol. The molecule has 0 amide bonds. The number of ketones is 1. The Balaban J connectivity index is 1.64. The maximum Gasteiger partial charge on any atom is 0.165 e. The molecule has 2 aromatic rings. The van der Waals surface area contributed by atoms with E-state index < -0.39 is 0 Å². The van der Waals surface area contributed by atoms with Crippen LogP contribution in [0, 0.1) is 5.92 Å². The van der Waals surface area contributed by atoms with Gasteiger partial charge in [-0.25, -0.2) is 0 Å². The third-order valence-corrected chi connectivity index (χ3v) is 4.56. The second-order valence-electron chi connectivity index (χ2n) is 6.43. The zero-order valence-electron chi connectivity index (χ0n) is 13.9. The number of hydrogen-bond acceptors (Lipinski definition) is 2. The molecule has 2 heteroatoms. The average molecular weight is 320 g/mol. The molecule has 124 valence electrons. The van der Waals surface area contributed by atoms with Gasteiger partial charge in [-0.15, -0.1) is 0 Å². The highest BCUT2D eigenvalue weighted by Gasteiger charge is 2.20. The van der Waals surface area contributed by atoms with Crippen molar-refractivity contribution in [1.82, 2.24) is 0 Å². The lowest BCUT2D eigenvalue weighted by Gasteiger charge is -2.26. The Morgan fingerprint density at radius 1 is 1.04 bits per heavy atom. The number of rotatable bonds is 8. The highest BCUT2D eigenvalue weighted by atomic mass is 16.5. The van der Waals surface area contributed by atoms with E-state index in [4.69, 9.17) is 4.74 Å². The van der Waals surface area contributed by atoms with Gasteiger partial charge < -0.3 is 4.74 Å². The first-order chi connectivity index (χ1) is 11.8. The fourth-order valence-electron chi connectivity index (χ4n) is 2.81. The lowest BCUT2D eigenvalue weighted by molar-refractivity contribution is 0.0307. The molecule has 0 bridgehead atoms. The smallest absolute Gasteiger partial charge is 0.165 e. The molecule has 1 fully saturated rings. The van der Waals surface area contributed by atoms with Crippen molar-refractivity contribution in [3.63, 3.8) is 0 Å². The zero-order valence-corrected chi connectivity index (χ0v) is 13.9. The Labute approximate surface area is 144 Å². The van der Waals surface area contributed by atoms with Crippen molar-refractivity contribution < 1.29 is 9.53 Å². The van der Waals surface area contributed by atoms with Crippen LogP contribution in [0.15, 0.2) is 66.7 Å². The monoisotopic (exact) mass is 320 g/mol. The van der Waals surface area contributed by atoms with Crippen molar-refractivity contribution in [2.75, 3.05) is 6.61 Å². The minimum atomic E-state index is -0.168. The number of carbonyl (C=O) groups excluding carboxylic acids is 1. The van der Waals surface area contributed by atoms with Gasteiger partial charge in [-0.05, 0) is 24.3 Å². The summed E-state index contributed by atoms with van der Waals surface area (Å²) < 4.78 is 6.05. The van der Waals surface area contributed by atoms with Crippen LogP contribution >= 0.6 is 0 Å². The van der Waals surface area contributed by atoms with Crippen molar-refractivity contribution in [2.24, 2.45) is 5.92 Å². The Hall–Kier alpha value is -2.19. The first kappa shape index (κ1) is 16.7. The van der Waals surface area contributed by atoms with E-state index in [1.165, 1.54) is 19.3 Å². The summed E-state index contributed by atoms with van der Waals surface area (Å²) in [7, 11) is 0. The van der Waals surface area contributed by atoms with E-state index in [-0.39, 0.29) is 11.9 Å². The molecule has 1 saturated carbocycles. The molecular weight excluding hydrogens is 296 g/mol. The van der Waals surface area contributed by atoms with Crippen LogP contribution in [-0.4, -0.2) is 18.5 Å². The summed E-state index contributed by atoms with van der Waals surface area (Å²) in [6.07, 6.45) is 8.10. The lowest BCUT2D eigenvalue weighted by atomic mass is 9.86. The Bertz CT molecular complexity index is 657. The van der Waals surface area contributed by atoms with Crippen molar-refractivity contribution in [2.45, 2.75) is 31.8 Å². The highest BCUT2D eigenvalue weighted by Crippen LogP contribution is 2.27. The fraction of sp³-hybridized carbons (Fsp3) is 0.318. The molecular formula is C22H24O2. The zero-order chi connectivity index (χ0) is 16.6. The standard InChI is InChI=1S/C22H24O2/c23-22(20-12-5-2-6-13-20)16-21(24-17-19-10-7-11-19)15-14-18-8-3-1-4-9-18/h1-6,8-9,12-15,19,21H,7,10-11,16-17H2/b15-14+. The SMILES string of the molecule is O=C(CC(/C=C/c1ccccc1)OCC1CCC1)c1ccccc1. The molecule has 1 atom stereocenters. The van der Waals surface area contributed by atoms with Gasteiger partial charge in [0.1, 0.15) is 0 Å². The van der Waals surface area contributed by atoms with Crippen molar-refractivity contribution in [3.8, 4) is 0 Å². The van der Waals surface area contributed by atoms with E-state index in [2.05, 4.69) is 12.1 Å². The van der Waals surface area contributed by atoms with Crippen LogP contribution in [0.2, 0.25) is 0 Å². The summed E-state index contributed by atoms with van der Waals surface area (Å²) >= 11 is 0. The van der Waals surface area contributed by atoms with Crippen molar-refractivity contribution in [3.05, 3.63) is 77.9 Å². The maximum absolute atomic E-state index is 12.5. The molecule has 0 saturated heterocycles. The van der Waals surface area contributed by atoms with Crippen LogP contribution in [0.1, 0.15) is 41.6 Å². The number of benzene rings is 2. The highest BCUT2D eigenvalue weighted by molar-refractivity contribution is 5.96. The molecule has 1 aliphatic carbocycles. The van der Waals surface area contributed by atoms with Crippen LogP contribution in [-0.2, 0) is 4.74 Å². The lowest BCUT2D eigenvalue weighted by Crippen LogP contribution is -2.23. The van der Waals surface area contributed by atoms with E-state index in [1.54, 1.807) is 0 Å². The predicted octanol–water partition coefficient (Wildman–Crippen LogP) is 5.16. The van der Waals surface area contributed by atoms with Gasteiger partial charge in [0.15, 0.2) is 5.78 Å². The molecule has 0 radical (unpaired) electrons. The van der Waals surface area contributed by atoms with Crippen LogP contribution in [0.5, 0.6) is 0 Å². The maximum atomic E-state index is 12.5. The average Bonchev–Trinajstić information content (AvgIpc) is 2.59. The Morgan fingerprint density at radius 3 is 2.33 bits per heavy atom. The summed E-state index contributed by atoms with van der Waals surface area (Å²) in [6, 6.07) is 19.6. The van der Waals surface area contributed by atoms with Crippen molar-refractivity contribution in [1.29, 1.82) is 0 Å². The van der Waals surface area contributed by atoms with Gasteiger partial charge in [0, 0.05) is 12.0 Å². The molecule has 1 unspecified atom stereocenters. The fourth-order valence-corrected chi connectivity index (χ4v) is 2.81. The Morgan fingerprint density at radius 2 is 1.71 bits per heavy atom. The summed E-state index contributed by atoms with van der Waals surface area (Å²) in [5.41, 5.74) is 1.88. The van der Waals surface area contributed by atoms with Gasteiger partial charge in [0.25, 0.3) is 0 Å². The van der Waals surface area contributed by atoms with Gasteiger partial charge in [-0.3, -0.25) is 4.79 Å². The number of hydrogen-bond donors (Lipinski definition) is 0. The normalized spacial score (nSPS) is 16.0. The second-order valence-corrected chi connectivity index (χ2v) is 6.43. The minimum absolute atomic E-state index is 0.131. The third kappa shape index (κ3) is 4.90. The molecule has 1 aliphatic rings. The van der Waals surface area contributed by atoms with Gasteiger partial charge in [-0.2, -0.15) is 0 Å². The molecule has 0 N–H and O–H groups in total. The number of carbonyl (C=O) groups is 1. The molecule has 0 spiro atoms. The van der Waals surface area contributed by atoms with E-state index >= 15 is 0 Å². The van der Waals surface area contributed by atoms with Gasteiger partial charge >= 0.3 is 0 Å². The molecule has 2 nitrogen and oxygen atoms in total. The molecule has 0 heterocycles. The minimum Gasteiger partial charge on any atom is -0.373 e. The van der Waals surface area contributed by atoms with Gasteiger partial charge in [0.05, 0.1) is 12.7 Å². The Kier molecular flexibility index (Phi) is 5.97. The van der Waals surface area contributed by atoms with Gasteiger partial charge in [-0.1, -0.05) is 79.2 Å². The quantitative estimate of drug-likeness (QED) is 0.628. The largest absolute Gasteiger partial charge is 0.373 e. The van der Waals surface area contributed by atoms with Gasteiger partial charge in [0.2, 0.25) is 0 Å². The van der Waals surface area contributed by atoms with Crippen LogP contribution in [0.4, 0.5) is 0 Å². The van der Waals surface area contributed by atoms with Crippen molar-refractivity contribution >= 4 is 11.9 Å². The van der Waals surface area contributed by atoms with Crippen LogP contribution in [0.3, 0.4) is 0 Å². The first-order valence-corrected chi connectivity index (χ1v) is 8.74. The van der Waals surface area contributed by atoms with E-state index in [0.717, 1.165) is 17.7 Å². The molecule has 0 aromatic heterocycles. The second kappa shape index (κ2) is 8.60. The van der Waals surface area contributed by atoms with Crippen LogP contribution in [0.25, 0.3) is 6.08 Å². The third-order valence-electron chi connectivity index (χ3n) is 4.56. The van der Waals surface area contributed by atoms with Crippen LogP contribution < -0.4 is 0 Å².